The molecule has 9 N–H and O–H groups in total. The molecular formula is C76H113F2N13O28. The molecule has 2 aromatic carbocycles. The molecule has 0 aromatic heterocycles. The number of esters is 8. The van der Waals surface area contributed by atoms with Gasteiger partial charge in [-0.2, -0.15) is 0 Å². The van der Waals surface area contributed by atoms with E-state index < -0.39 is 143 Å². The lowest BCUT2D eigenvalue weighted by atomic mass is 9.90. The van der Waals surface area contributed by atoms with Crippen molar-refractivity contribution >= 4 is 101 Å². The number of halogens is 2. The van der Waals surface area contributed by atoms with Gasteiger partial charge in [0.2, 0.25) is 11.8 Å². The molecule has 0 radical (unpaired) electrons. The number of benzene rings is 2. The van der Waals surface area contributed by atoms with E-state index in [1.54, 1.807) is 41.5 Å². The normalized spacial score (nSPS) is 14.8. The van der Waals surface area contributed by atoms with Gasteiger partial charge in [0.1, 0.15) is 54.3 Å². The first kappa shape index (κ1) is 109. The highest BCUT2D eigenvalue weighted by atomic mass is 19.3. The van der Waals surface area contributed by atoms with Crippen molar-refractivity contribution < 1.29 is 148 Å². The Morgan fingerprint density at radius 3 is 1.49 bits per heavy atom. The lowest BCUT2D eigenvalue weighted by Crippen LogP contribution is -2.52. The molecule has 0 saturated carbocycles. The van der Waals surface area contributed by atoms with E-state index in [1.165, 1.54) is 20.8 Å². The van der Waals surface area contributed by atoms with Gasteiger partial charge >= 0.3 is 72.1 Å². The Kier molecular flexibility index (Phi) is 57.3. The number of amides is 6. The van der Waals surface area contributed by atoms with Gasteiger partial charge in [-0.25, -0.2) is 42.3 Å². The van der Waals surface area contributed by atoms with E-state index in [9.17, 15) is 85.5 Å². The zero-order chi connectivity index (χ0) is 90.6. The highest BCUT2D eigenvalue weighted by Crippen LogP contribution is 2.21. The number of aliphatic carboxylic acids is 1. The van der Waals surface area contributed by atoms with E-state index in [4.69, 9.17) is 49.4 Å². The molecule has 0 spiro atoms. The van der Waals surface area contributed by atoms with E-state index in [1.807, 2.05) is 88.4 Å². The molecule has 3 fully saturated rings. The minimum Gasteiger partial charge on any atom is -0.544 e. The molecule has 43 heteroatoms. The minimum atomic E-state index is -3.34. The number of azide groups is 2. The van der Waals surface area contributed by atoms with Gasteiger partial charge in [0.25, 0.3) is 6.43 Å². The second-order valence-corrected chi connectivity index (χ2v) is 28.6. The van der Waals surface area contributed by atoms with Gasteiger partial charge in [0.15, 0.2) is 5.78 Å². The number of Topliss-reactive ketones (excluding diaryl/α,β-unsaturated/α-hetero) is 2. The molecule has 664 valence electrons. The van der Waals surface area contributed by atoms with Crippen LogP contribution in [0.25, 0.3) is 20.9 Å². The van der Waals surface area contributed by atoms with Crippen LogP contribution in [0.3, 0.4) is 0 Å². The number of carbonyl (C=O) groups is 17. The van der Waals surface area contributed by atoms with Crippen LogP contribution < -0.4 is 42.7 Å². The third-order valence-electron chi connectivity index (χ3n) is 14.5. The number of ketones is 2. The summed E-state index contributed by atoms with van der Waals surface area (Å²) in [5.74, 6) is -9.82. The van der Waals surface area contributed by atoms with E-state index >= 15 is 0 Å². The van der Waals surface area contributed by atoms with Crippen molar-refractivity contribution in [2.24, 2.45) is 33.9 Å². The molecular weight excluding hydrogens is 1580 g/mol. The number of hydrogen-bond acceptors (Lipinski definition) is 30. The fraction of sp³-hybridized carbons (Fsp3) is 0.618. The summed E-state index contributed by atoms with van der Waals surface area (Å²) in [6.07, 6.45) is -3.50. The molecule has 3 aliphatic heterocycles. The quantitative estimate of drug-likeness (QED) is 0.00744. The predicted octanol–water partition coefficient (Wildman–Crippen LogP) is 6.17. The Labute approximate surface area is 687 Å². The zero-order valence-corrected chi connectivity index (χ0v) is 69.3. The van der Waals surface area contributed by atoms with E-state index in [2.05, 4.69) is 76.6 Å². The Morgan fingerprint density at radius 2 is 1.06 bits per heavy atom. The van der Waals surface area contributed by atoms with Gasteiger partial charge in [0.05, 0.1) is 57.8 Å². The Bertz CT molecular complexity index is 3650. The number of rotatable bonds is 41. The molecule has 5 rings (SSSR count). The molecule has 0 unspecified atom stereocenters. The molecule has 0 bridgehead atoms. The first-order valence-electron chi connectivity index (χ1n) is 37.7. The summed E-state index contributed by atoms with van der Waals surface area (Å²) in [7, 11) is 0. The maximum Gasteiger partial charge on any atom is 0.415 e. The van der Waals surface area contributed by atoms with Crippen molar-refractivity contribution in [2.45, 2.75) is 222 Å². The molecule has 2 aromatic rings. The number of ether oxygens (including phenoxy) is 10. The van der Waals surface area contributed by atoms with E-state index in [0.29, 0.717) is 64.2 Å². The summed E-state index contributed by atoms with van der Waals surface area (Å²) in [4.78, 5) is 199. The number of quaternary nitrogens is 1. The van der Waals surface area contributed by atoms with Crippen LogP contribution in [-0.4, -0.2) is 202 Å². The standard InChI is InChI=1S/C35H54N6O9.C15H17NO5.C9H13NO5.C7H11NO3.C4H10N4O.C4H6O3.C2H2F2O2/c1-24(2)19-29(30(43)21-28(22-31(44)50-35(4,5)6)32(45)37-15-17-48-18-16-39-41-36)40-33(46)27(20-25(3)42)13-10-14-38-34(47)49-23-26-11-8-7-9-12-26;17-13(20-10-11-6-2-1-3-7-11)9-5-4-8-12-14(18)21-15(19)16-12;1-9(2,3)15-6(11)4-5-7(12)14-8(13)10-5;1-4(2)3-5-6(9)11-7(10)8-5;5-1-3-9-4-2-7-8-6;1-3(5)7-4(2)6;3-1(4)2(5)6/h7-9,11-12,24,27-29H,10,13-23H2,1-6H3,(H,37,45)(H,38,47)(H,40,46);1-3,6-7,12H,4-5,8-10H2,(H,16,19);5H,4H2,1-3H3,(H,10,13);4-5H,3H2,1-2H3,(H,8,10);1-5H2;1-2H3;1H,(H,5,6)/t27-,28+,29-;12-;2*5-;;;/m1001.../s1. The van der Waals surface area contributed by atoms with E-state index in [-0.39, 0.29) is 102 Å². The fourth-order valence-corrected chi connectivity index (χ4v) is 9.55. The van der Waals surface area contributed by atoms with Crippen LogP contribution in [0.15, 0.2) is 70.9 Å². The third-order valence-corrected chi connectivity index (χ3v) is 14.5. The van der Waals surface area contributed by atoms with Gasteiger partial charge in [-0.05, 0) is 121 Å². The number of nitrogens with zero attached hydrogens (tertiary/aromatic N) is 6. The Morgan fingerprint density at radius 1 is 0.580 bits per heavy atom. The zero-order valence-electron chi connectivity index (χ0n) is 69.3. The predicted molar refractivity (Wildman–Crippen MR) is 411 cm³/mol. The van der Waals surface area contributed by atoms with Crippen LogP contribution in [0.2, 0.25) is 0 Å². The van der Waals surface area contributed by atoms with Gasteiger partial charge < -0.3 is 99.7 Å². The van der Waals surface area contributed by atoms with E-state index in [0.717, 1.165) is 17.7 Å². The third kappa shape index (κ3) is 61.2. The van der Waals surface area contributed by atoms with Crippen LogP contribution in [-0.2, 0) is 123 Å². The summed E-state index contributed by atoms with van der Waals surface area (Å²) < 4.78 is 68.8. The maximum atomic E-state index is 13.7. The van der Waals surface area contributed by atoms with Crippen LogP contribution in [0.5, 0.6) is 0 Å². The lowest BCUT2D eigenvalue weighted by Gasteiger charge is -2.25. The molecule has 3 heterocycles. The SMILES string of the molecule is CC(=O)C[C@@H](CCCNC(=O)OCc1ccccc1)C(=O)N[C@H](CC(C)C)C(=O)C[C@@H](CC(=O)OC(C)(C)C)C(=O)NCCOCCN=[N+]=[N-].CC(=O)OC(C)=O.CC(C)(C)OC(=O)C[C@@H]1NC(=O)OC1=O.CC(C)C[C@H]1NC(=O)OC1=O.O=C(CCCC[C@@H]1NC(=O)OC1=O)OCc1ccccc1.O=C([O-])C(F)F.[N-]=[N+]=NCCOCC[NH3+]. The highest BCUT2D eigenvalue weighted by Gasteiger charge is 2.37. The van der Waals surface area contributed by atoms with Crippen LogP contribution in [0.4, 0.5) is 28.0 Å². The molecule has 3 saturated heterocycles. The average Bonchev–Trinajstić information content (AvgIpc) is 1.48. The smallest absolute Gasteiger partial charge is 0.415 e. The minimum absolute atomic E-state index is 0.0118. The number of unbranched alkanes of at least 4 members (excludes halogenated alkanes) is 1. The van der Waals surface area contributed by atoms with Crippen molar-refractivity contribution in [2.75, 3.05) is 59.2 Å². The second kappa shape index (κ2) is 62.4. The molecule has 0 aliphatic carbocycles. The Hall–Kier alpha value is -11.8. The average molecular weight is 1690 g/mol. The van der Waals surface area contributed by atoms with Gasteiger partial charge in [-0.1, -0.05) is 105 Å². The molecule has 41 nitrogen and oxygen atoms in total. The number of carboxylic acid groups (broad SMARTS) is 1. The number of cyclic esters (lactones) is 6. The molecule has 119 heavy (non-hydrogen) atoms. The number of alkyl halides is 2. The molecule has 6 amide bonds. The van der Waals surface area contributed by atoms with Crippen molar-refractivity contribution in [3.63, 3.8) is 0 Å². The maximum absolute atomic E-state index is 13.7. The number of hydrogen-bond donors (Lipinski definition) is 7. The van der Waals surface area contributed by atoms with Crippen LogP contribution >= 0.6 is 0 Å². The number of carboxylic acids is 1. The largest absolute Gasteiger partial charge is 0.544 e. The topological polar surface area (TPSA) is 603 Å². The summed E-state index contributed by atoms with van der Waals surface area (Å²) >= 11 is 0. The number of carbonyl (C=O) groups excluding carboxylic acids is 17. The van der Waals surface area contributed by atoms with Gasteiger partial charge in [-0.3, -0.25) is 38.4 Å². The van der Waals surface area contributed by atoms with Gasteiger partial charge in [0, 0.05) is 75.0 Å². The summed E-state index contributed by atoms with van der Waals surface area (Å²) in [5, 5.41) is 30.6. The summed E-state index contributed by atoms with van der Waals surface area (Å²) in [6.45, 7) is 25.1. The Balaban J connectivity index is 0. The molecule has 3 aliphatic rings. The second-order valence-electron chi connectivity index (χ2n) is 28.6. The van der Waals surface area contributed by atoms with Crippen molar-refractivity contribution in [3.05, 3.63) is 92.7 Å². The first-order chi connectivity index (χ1) is 55.8. The van der Waals surface area contributed by atoms with Crippen molar-refractivity contribution in [1.29, 1.82) is 0 Å². The summed E-state index contributed by atoms with van der Waals surface area (Å²) in [5.41, 5.74) is 20.1. The van der Waals surface area contributed by atoms with Gasteiger partial charge in [-0.15, -0.1) is 0 Å². The van der Waals surface area contributed by atoms with Crippen LogP contribution in [0.1, 0.15) is 178 Å². The van der Waals surface area contributed by atoms with Crippen LogP contribution in [0, 0.1) is 23.7 Å². The number of alkyl carbamates (subject to hydrolysis) is 4. The van der Waals surface area contributed by atoms with Crippen molar-refractivity contribution in [1.82, 2.24) is 31.9 Å². The monoisotopic (exact) mass is 1690 g/mol. The highest BCUT2D eigenvalue weighted by molar-refractivity contribution is 5.98. The number of nitrogens with one attached hydrogen (secondary N) is 6. The first-order valence-corrected chi connectivity index (χ1v) is 37.7. The molecule has 6 atom stereocenters. The lowest BCUT2D eigenvalue weighted by molar-refractivity contribution is -0.374. The summed E-state index contributed by atoms with van der Waals surface area (Å²) in [6, 6.07) is 15.8. The van der Waals surface area contributed by atoms with Crippen molar-refractivity contribution in [3.8, 4) is 0 Å². The fourth-order valence-electron chi connectivity index (χ4n) is 9.55.